The number of carbonyl (C=O) groups excluding carboxylic acids is 2. The van der Waals surface area contributed by atoms with Crippen molar-refractivity contribution in [2.45, 2.75) is 6.92 Å². The lowest BCUT2D eigenvalue weighted by Crippen LogP contribution is -2.37. The molecule has 0 aliphatic heterocycles. The molecule has 2 aromatic carbocycles. The molecule has 0 saturated heterocycles. The van der Waals surface area contributed by atoms with Gasteiger partial charge in [0.05, 0.1) is 39.8 Å². The van der Waals surface area contributed by atoms with E-state index in [0.29, 0.717) is 34.4 Å². The maximum absolute atomic E-state index is 12.6. The van der Waals surface area contributed by atoms with E-state index in [0.717, 1.165) is 0 Å². The van der Waals surface area contributed by atoms with Gasteiger partial charge >= 0.3 is 0 Å². The number of benzene rings is 2. The van der Waals surface area contributed by atoms with Crippen molar-refractivity contribution < 1.29 is 28.5 Å². The van der Waals surface area contributed by atoms with E-state index in [1.807, 2.05) is 0 Å². The SMILES string of the molecule is COc1ccc(OC)c(NC(=O)CN(C(C)=O)c2ccc(OC)cc2OC)c1. The fourth-order valence-electron chi connectivity index (χ4n) is 2.62. The molecule has 0 aromatic heterocycles. The van der Waals surface area contributed by atoms with Crippen LogP contribution in [0.4, 0.5) is 11.4 Å². The highest BCUT2D eigenvalue weighted by Crippen LogP contribution is 2.33. The van der Waals surface area contributed by atoms with Crippen LogP contribution in [0.1, 0.15) is 6.92 Å². The molecular weight excluding hydrogens is 364 g/mol. The summed E-state index contributed by atoms with van der Waals surface area (Å²) in [6, 6.07) is 10.1. The Hall–Kier alpha value is -3.42. The molecule has 0 unspecified atom stereocenters. The molecule has 0 bridgehead atoms. The second kappa shape index (κ2) is 9.50. The predicted molar refractivity (Wildman–Crippen MR) is 106 cm³/mol. The highest BCUT2D eigenvalue weighted by atomic mass is 16.5. The molecule has 8 heteroatoms. The molecule has 1 N–H and O–H groups in total. The molecule has 0 heterocycles. The molecule has 2 amide bonds. The first-order valence-electron chi connectivity index (χ1n) is 8.45. The van der Waals surface area contributed by atoms with E-state index in [9.17, 15) is 9.59 Å². The van der Waals surface area contributed by atoms with Crippen LogP contribution in [0.15, 0.2) is 36.4 Å². The zero-order chi connectivity index (χ0) is 20.7. The number of rotatable bonds is 8. The number of amides is 2. The molecule has 150 valence electrons. The third kappa shape index (κ3) is 4.85. The van der Waals surface area contributed by atoms with Gasteiger partial charge in [0, 0.05) is 19.1 Å². The Morgan fingerprint density at radius 1 is 0.857 bits per heavy atom. The first-order chi connectivity index (χ1) is 13.4. The summed E-state index contributed by atoms with van der Waals surface area (Å²) in [5.41, 5.74) is 0.903. The third-order valence-electron chi connectivity index (χ3n) is 4.04. The second-order valence-electron chi connectivity index (χ2n) is 5.76. The van der Waals surface area contributed by atoms with Crippen molar-refractivity contribution in [2.75, 3.05) is 45.2 Å². The molecule has 0 fully saturated rings. The Labute approximate surface area is 163 Å². The predicted octanol–water partition coefficient (Wildman–Crippen LogP) is 2.71. The van der Waals surface area contributed by atoms with Gasteiger partial charge in [0.1, 0.15) is 29.5 Å². The summed E-state index contributed by atoms with van der Waals surface area (Å²) in [6.07, 6.45) is 0. The summed E-state index contributed by atoms with van der Waals surface area (Å²) in [6.45, 7) is 1.17. The maximum Gasteiger partial charge on any atom is 0.244 e. The fraction of sp³-hybridized carbons (Fsp3) is 0.300. The van der Waals surface area contributed by atoms with Crippen molar-refractivity contribution in [3.8, 4) is 23.0 Å². The molecule has 0 atom stereocenters. The van der Waals surface area contributed by atoms with Crippen LogP contribution < -0.4 is 29.2 Å². The smallest absolute Gasteiger partial charge is 0.244 e. The Morgan fingerprint density at radius 2 is 1.46 bits per heavy atom. The van der Waals surface area contributed by atoms with Gasteiger partial charge in [0.2, 0.25) is 11.8 Å². The summed E-state index contributed by atoms with van der Waals surface area (Å²) in [4.78, 5) is 26.1. The van der Waals surface area contributed by atoms with Gasteiger partial charge in [0.25, 0.3) is 0 Å². The van der Waals surface area contributed by atoms with Crippen LogP contribution in [0.2, 0.25) is 0 Å². The second-order valence-corrected chi connectivity index (χ2v) is 5.76. The van der Waals surface area contributed by atoms with Crippen LogP contribution >= 0.6 is 0 Å². The van der Waals surface area contributed by atoms with E-state index in [-0.39, 0.29) is 12.5 Å². The molecule has 0 spiro atoms. The Morgan fingerprint density at radius 3 is 2.04 bits per heavy atom. The van der Waals surface area contributed by atoms with Gasteiger partial charge in [-0.3, -0.25) is 14.5 Å². The van der Waals surface area contributed by atoms with Crippen molar-refractivity contribution in [1.82, 2.24) is 0 Å². The lowest BCUT2D eigenvalue weighted by Gasteiger charge is -2.23. The minimum Gasteiger partial charge on any atom is -0.497 e. The summed E-state index contributed by atoms with van der Waals surface area (Å²) < 4.78 is 21.0. The van der Waals surface area contributed by atoms with Crippen molar-refractivity contribution in [1.29, 1.82) is 0 Å². The van der Waals surface area contributed by atoms with Crippen LogP contribution in [0, 0.1) is 0 Å². The standard InChI is InChI=1S/C20H24N2O6/c1-13(23)22(17-8-6-15(26-3)11-19(17)28-5)12-20(24)21-16-10-14(25-2)7-9-18(16)27-4/h6-11H,12H2,1-5H3,(H,21,24). The number of carbonyl (C=O) groups is 2. The molecule has 8 nitrogen and oxygen atoms in total. The lowest BCUT2D eigenvalue weighted by atomic mass is 10.2. The quantitative estimate of drug-likeness (QED) is 0.748. The number of methoxy groups -OCH3 is 4. The van der Waals surface area contributed by atoms with E-state index in [4.69, 9.17) is 18.9 Å². The summed E-state index contributed by atoms with van der Waals surface area (Å²) in [5.74, 6) is 1.33. The van der Waals surface area contributed by atoms with E-state index < -0.39 is 5.91 Å². The van der Waals surface area contributed by atoms with Crippen molar-refractivity contribution in [3.63, 3.8) is 0 Å². The van der Waals surface area contributed by atoms with Crippen molar-refractivity contribution in [2.24, 2.45) is 0 Å². The molecule has 28 heavy (non-hydrogen) atoms. The van der Waals surface area contributed by atoms with Gasteiger partial charge in [-0.15, -0.1) is 0 Å². The summed E-state index contributed by atoms with van der Waals surface area (Å²) in [7, 11) is 6.05. The number of ether oxygens (including phenoxy) is 4. The first-order valence-corrected chi connectivity index (χ1v) is 8.45. The number of anilines is 2. The highest BCUT2D eigenvalue weighted by Gasteiger charge is 2.21. The lowest BCUT2D eigenvalue weighted by molar-refractivity contribution is -0.120. The minimum absolute atomic E-state index is 0.210. The van der Waals surface area contributed by atoms with Crippen LogP contribution in [0.25, 0.3) is 0 Å². The van der Waals surface area contributed by atoms with Gasteiger partial charge < -0.3 is 24.3 Å². The van der Waals surface area contributed by atoms with Gasteiger partial charge in [-0.05, 0) is 24.3 Å². The average Bonchev–Trinajstić information content (AvgIpc) is 2.71. The Balaban J connectivity index is 2.26. The summed E-state index contributed by atoms with van der Waals surface area (Å²) >= 11 is 0. The molecule has 0 radical (unpaired) electrons. The average molecular weight is 388 g/mol. The maximum atomic E-state index is 12.6. The number of nitrogens with zero attached hydrogens (tertiary/aromatic N) is 1. The van der Waals surface area contributed by atoms with Crippen LogP contribution in [-0.2, 0) is 9.59 Å². The van der Waals surface area contributed by atoms with Crippen LogP contribution in [0.3, 0.4) is 0 Å². The molecule has 0 aliphatic carbocycles. The monoisotopic (exact) mass is 388 g/mol. The topological polar surface area (TPSA) is 86.3 Å². The van der Waals surface area contributed by atoms with Gasteiger partial charge in [-0.2, -0.15) is 0 Å². The normalized spacial score (nSPS) is 10.0. The van der Waals surface area contributed by atoms with Crippen molar-refractivity contribution in [3.05, 3.63) is 36.4 Å². The molecular formula is C20H24N2O6. The van der Waals surface area contributed by atoms with Crippen LogP contribution in [-0.4, -0.2) is 46.8 Å². The number of nitrogens with one attached hydrogen (secondary N) is 1. The zero-order valence-corrected chi connectivity index (χ0v) is 16.6. The number of hydrogen-bond acceptors (Lipinski definition) is 6. The minimum atomic E-state index is -0.403. The number of hydrogen-bond donors (Lipinski definition) is 1. The van der Waals surface area contributed by atoms with Crippen LogP contribution in [0.5, 0.6) is 23.0 Å². The molecule has 2 aromatic rings. The van der Waals surface area contributed by atoms with E-state index >= 15 is 0 Å². The van der Waals surface area contributed by atoms with Gasteiger partial charge in [-0.25, -0.2) is 0 Å². The van der Waals surface area contributed by atoms with Gasteiger partial charge in [0.15, 0.2) is 0 Å². The molecule has 2 rings (SSSR count). The highest BCUT2D eigenvalue weighted by molar-refractivity contribution is 6.03. The first kappa shape index (κ1) is 20.9. The fourth-order valence-corrected chi connectivity index (χ4v) is 2.62. The van der Waals surface area contributed by atoms with Crippen molar-refractivity contribution >= 4 is 23.2 Å². The van der Waals surface area contributed by atoms with Gasteiger partial charge in [-0.1, -0.05) is 0 Å². The third-order valence-corrected chi connectivity index (χ3v) is 4.04. The Bertz CT molecular complexity index is 853. The summed E-state index contributed by atoms with van der Waals surface area (Å²) in [5, 5.41) is 2.75. The van der Waals surface area contributed by atoms with E-state index in [1.165, 1.54) is 40.3 Å². The Kier molecular flexibility index (Phi) is 7.08. The largest absolute Gasteiger partial charge is 0.497 e. The van der Waals surface area contributed by atoms with E-state index in [1.54, 1.807) is 36.4 Å². The van der Waals surface area contributed by atoms with E-state index in [2.05, 4.69) is 5.32 Å². The zero-order valence-electron chi connectivity index (χ0n) is 16.6. The molecule has 0 saturated carbocycles. The molecule has 0 aliphatic rings.